The molecule has 1 fully saturated rings. The maximum atomic E-state index is 14.1. The molecule has 0 radical (unpaired) electrons. The first-order chi connectivity index (χ1) is 18.8. The molecule has 0 bridgehead atoms. The number of nitrogens with zero attached hydrogens (tertiary/aromatic N) is 2. The summed E-state index contributed by atoms with van der Waals surface area (Å²) in [5, 5.41) is 0. The molecule has 0 aliphatic heterocycles. The Balaban J connectivity index is 1.27. The molecule has 0 amide bonds. The van der Waals surface area contributed by atoms with Crippen molar-refractivity contribution in [2.75, 3.05) is 20.1 Å². The largest absolute Gasteiger partial charge is 0.458 e. The normalized spacial score (nSPS) is 21.6. The third kappa shape index (κ3) is 6.54. The lowest BCUT2D eigenvalue weighted by Gasteiger charge is -2.47. The fraction of sp³-hybridized carbons (Fsp3) is 0.576. The summed E-state index contributed by atoms with van der Waals surface area (Å²) in [7, 11) is 2.16. The van der Waals surface area contributed by atoms with Crippen LogP contribution in [-0.4, -0.2) is 46.6 Å². The number of ether oxygens (including phenoxy) is 1. The molecule has 5 nitrogen and oxygen atoms in total. The van der Waals surface area contributed by atoms with Gasteiger partial charge in [0.15, 0.2) is 0 Å². The lowest BCUT2D eigenvalue weighted by Crippen LogP contribution is -2.48. The van der Waals surface area contributed by atoms with Crippen molar-refractivity contribution in [3.63, 3.8) is 0 Å². The van der Waals surface area contributed by atoms with Crippen LogP contribution in [0.2, 0.25) is 0 Å². The average molecular weight is 534 g/mol. The summed E-state index contributed by atoms with van der Waals surface area (Å²) < 4.78 is 20.7. The number of para-hydroxylation sites is 2. The van der Waals surface area contributed by atoms with Crippen LogP contribution in [0.4, 0.5) is 4.39 Å². The van der Waals surface area contributed by atoms with Gasteiger partial charge in [-0.2, -0.15) is 0 Å². The van der Waals surface area contributed by atoms with Crippen molar-refractivity contribution in [1.29, 1.82) is 0 Å². The van der Waals surface area contributed by atoms with Crippen molar-refractivity contribution in [3.8, 4) is 0 Å². The van der Waals surface area contributed by atoms with E-state index in [-0.39, 0.29) is 23.6 Å². The number of H-pyrrole nitrogens is 1. The molecule has 5 rings (SSSR count). The van der Waals surface area contributed by atoms with Crippen LogP contribution in [0.15, 0.2) is 42.5 Å². The Morgan fingerprint density at radius 2 is 1.97 bits per heavy atom. The summed E-state index contributed by atoms with van der Waals surface area (Å²) in [5.41, 5.74) is 3.75. The van der Waals surface area contributed by atoms with E-state index in [0.717, 1.165) is 86.0 Å². The third-order valence-electron chi connectivity index (χ3n) is 9.05. The van der Waals surface area contributed by atoms with Gasteiger partial charge in [-0.1, -0.05) is 44.9 Å². The van der Waals surface area contributed by atoms with Crippen LogP contribution < -0.4 is 0 Å². The highest BCUT2D eigenvalue weighted by molar-refractivity contribution is 5.74. The molecule has 2 aliphatic rings. The Bertz CT molecular complexity index is 1230. The van der Waals surface area contributed by atoms with E-state index in [4.69, 9.17) is 9.72 Å². The van der Waals surface area contributed by atoms with Crippen LogP contribution in [0.5, 0.6) is 0 Å². The molecular formula is C33H44FN3O2. The molecule has 1 heterocycles. The Morgan fingerprint density at radius 3 is 2.74 bits per heavy atom. The number of fused-ring (bicyclic) bond motifs is 2. The summed E-state index contributed by atoms with van der Waals surface area (Å²) in [6.45, 7) is 6.20. The summed E-state index contributed by atoms with van der Waals surface area (Å²) >= 11 is 0. The van der Waals surface area contributed by atoms with Gasteiger partial charge in [0.2, 0.25) is 0 Å². The van der Waals surface area contributed by atoms with Crippen LogP contribution in [0, 0.1) is 17.7 Å². The van der Waals surface area contributed by atoms with E-state index in [1.807, 2.05) is 24.3 Å². The molecule has 210 valence electrons. The zero-order chi connectivity index (χ0) is 27.4. The van der Waals surface area contributed by atoms with Gasteiger partial charge < -0.3 is 14.6 Å². The minimum atomic E-state index is -0.568. The van der Waals surface area contributed by atoms with Crippen molar-refractivity contribution in [1.82, 2.24) is 14.9 Å². The quantitative estimate of drug-likeness (QED) is 0.265. The number of carbonyl (C=O) groups excluding carboxylic acids is 1. The van der Waals surface area contributed by atoms with Crippen molar-refractivity contribution >= 4 is 17.0 Å². The SMILES string of the molecule is CC(C)[C@H]1c2ccc(F)cc2CC[C@@]1(CCN(C)CCCc1nc2ccccc2[nH]1)OC(=O)CC1CCCC1. The van der Waals surface area contributed by atoms with Gasteiger partial charge in [-0.25, -0.2) is 9.37 Å². The first-order valence-corrected chi connectivity index (χ1v) is 15.0. The van der Waals surface area contributed by atoms with E-state index in [1.165, 1.54) is 12.8 Å². The predicted molar refractivity (Wildman–Crippen MR) is 154 cm³/mol. The van der Waals surface area contributed by atoms with Crippen molar-refractivity contribution in [2.24, 2.45) is 11.8 Å². The van der Waals surface area contributed by atoms with Gasteiger partial charge in [0.1, 0.15) is 17.2 Å². The fourth-order valence-corrected chi connectivity index (χ4v) is 7.14. The third-order valence-corrected chi connectivity index (χ3v) is 9.05. The van der Waals surface area contributed by atoms with E-state index < -0.39 is 5.60 Å². The van der Waals surface area contributed by atoms with Crippen LogP contribution in [0.1, 0.15) is 88.1 Å². The molecule has 2 atom stereocenters. The lowest BCUT2D eigenvalue weighted by molar-refractivity contribution is -0.168. The van der Waals surface area contributed by atoms with Gasteiger partial charge in [0, 0.05) is 31.7 Å². The number of aromatic nitrogens is 2. The molecule has 1 saturated carbocycles. The molecule has 6 heteroatoms. The minimum Gasteiger partial charge on any atom is -0.458 e. The average Bonchev–Trinajstić information content (AvgIpc) is 3.56. The smallest absolute Gasteiger partial charge is 0.306 e. The van der Waals surface area contributed by atoms with Crippen LogP contribution in [-0.2, 0) is 22.4 Å². The van der Waals surface area contributed by atoms with Crippen LogP contribution >= 0.6 is 0 Å². The second-order valence-electron chi connectivity index (χ2n) is 12.3. The molecule has 3 aromatic rings. The Morgan fingerprint density at radius 1 is 1.18 bits per heavy atom. The fourth-order valence-electron chi connectivity index (χ4n) is 7.14. The standard InChI is InChI=1S/C33H44FN3O2/c1-23(2)32-27-15-14-26(34)22-25(27)16-17-33(32,39-31(38)21-24-9-4-5-10-24)18-20-37(3)19-8-13-30-35-28-11-6-7-12-29(28)36-30/h6-7,11-12,14-15,22-24,32H,4-5,8-10,13,16-21H2,1-3H3,(H,35,36)/t32-,33-/m0/s1. The number of rotatable bonds is 11. The molecule has 1 N–H and O–H groups in total. The number of hydrogen-bond acceptors (Lipinski definition) is 4. The number of esters is 1. The summed E-state index contributed by atoms with van der Waals surface area (Å²) in [5.74, 6) is 1.57. The molecule has 2 aromatic carbocycles. The maximum Gasteiger partial charge on any atom is 0.306 e. The van der Waals surface area contributed by atoms with Crippen LogP contribution in [0.3, 0.4) is 0 Å². The number of imidazole rings is 1. The number of aryl methyl sites for hydroxylation is 2. The summed E-state index contributed by atoms with van der Waals surface area (Å²) in [4.78, 5) is 23.8. The number of halogens is 1. The number of benzene rings is 2. The van der Waals surface area contributed by atoms with E-state index >= 15 is 0 Å². The van der Waals surface area contributed by atoms with E-state index in [1.54, 1.807) is 12.1 Å². The van der Waals surface area contributed by atoms with Gasteiger partial charge in [0.25, 0.3) is 0 Å². The number of nitrogens with one attached hydrogen (secondary N) is 1. The summed E-state index contributed by atoms with van der Waals surface area (Å²) in [6.07, 6.45) is 9.38. The second-order valence-corrected chi connectivity index (χ2v) is 12.3. The van der Waals surface area contributed by atoms with Crippen molar-refractivity contribution in [3.05, 3.63) is 65.2 Å². The Kier molecular flexibility index (Phi) is 8.70. The highest BCUT2D eigenvalue weighted by Crippen LogP contribution is 2.48. The van der Waals surface area contributed by atoms with E-state index in [2.05, 4.69) is 36.8 Å². The zero-order valence-corrected chi connectivity index (χ0v) is 23.8. The molecule has 39 heavy (non-hydrogen) atoms. The molecule has 1 aromatic heterocycles. The predicted octanol–water partition coefficient (Wildman–Crippen LogP) is 7.20. The maximum absolute atomic E-state index is 14.1. The highest BCUT2D eigenvalue weighted by atomic mass is 19.1. The van der Waals surface area contributed by atoms with Crippen LogP contribution in [0.25, 0.3) is 11.0 Å². The molecular weight excluding hydrogens is 489 g/mol. The monoisotopic (exact) mass is 533 g/mol. The number of hydrogen-bond donors (Lipinski definition) is 1. The Labute approximate surface area is 232 Å². The zero-order valence-electron chi connectivity index (χ0n) is 23.8. The topological polar surface area (TPSA) is 58.2 Å². The highest BCUT2D eigenvalue weighted by Gasteiger charge is 2.48. The first-order valence-electron chi connectivity index (χ1n) is 15.0. The van der Waals surface area contributed by atoms with Gasteiger partial charge in [0.05, 0.1) is 11.0 Å². The van der Waals surface area contributed by atoms with Gasteiger partial charge in [-0.3, -0.25) is 4.79 Å². The number of carbonyl (C=O) groups is 1. The first kappa shape index (κ1) is 27.8. The second kappa shape index (κ2) is 12.2. The number of aromatic amines is 1. The molecule has 0 saturated heterocycles. The molecule has 2 aliphatic carbocycles. The van der Waals surface area contributed by atoms with Gasteiger partial charge in [-0.05, 0) is 92.9 Å². The molecule has 0 spiro atoms. The van der Waals surface area contributed by atoms with Gasteiger partial charge in [-0.15, -0.1) is 0 Å². The van der Waals surface area contributed by atoms with Crippen molar-refractivity contribution in [2.45, 2.75) is 89.6 Å². The van der Waals surface area contributed by atoms with Crippen molar-refractivity contribution < 1.29 is 13.9 Å². The van der Waals surface area contributed by atoms with E-state index in [0.29, 0.717) is 12.3 Å². The van der Waals surface area contributed by atoms with E-state index in [9.17, 15) is 9.18 Å². The lowest BCUT2D eigenvalue weighted by atomic mass is 9.65. The summed E-state index contributed by atoms with van der Waals surface area (Å²) in [6, 6.07) is 13.3. The van der Waals surface area contributed by atoms with Gasteiger partial charge >= 0.3 is 5.97 Å². The molecule has 0 unspecified atom stereocenters. The minimum absolute atomic E-state index is 0.0503. The Hall–Kier alpha value is -2.73.